The minimum absolute atomic E-state index is 0.195. The minimum Gasteiger partial charge on any atom is -0.298 e. The largest absolute Gasteiger partial charge is 0.334 e. The molecule has 2 aromatic heterocycles. The zero-order chi connectivity index (χ0) is 14.4. The van der Waals surface area contributed by atoms with Crippen LogP contribution in [0.25, 0.3) is 15.9 Å². The van der Waals surface area contributed by atoms with E-state index in [4.69, 9.17) is 0 Å². The van der Waals surface area contributed by atoms with Crippen molar-refractivity contribution in [2.24, 2.45) is 0 Å². The second kappa shape index (κ2) is 4.70. The topological polar surface area (TPSA) is 54.9 Å². The number of H-pyrrole nitrogens is 1. The molecule has 0 aliphatic heterocycles. The first kappa shape index (κ1) is 12.6. The fourth-order valence-electron chi connectivity index (χ4n) is 3.05. The number of benzene rings is 1. The normalized spacial score (nSPS) is 14.3. The van der Waals surface area contributed by atoms with E-state index in [1.165, 1.54) is 9.44 Å². The van der Waals surface area contributed by atoms with Crippen LogP contribution < -0.4 is 11.2 Å². The van der Waals surface area contributed by atoms with Gasteiger partial charge in [0.05, 0.1) is 11.1 Å². The fraction of sp³-hybridized carbons (Fsp3) is 0.250. The Labute approximate surface area is 124 Å². The highest BCUT2D eigenvalue weighted by molar-refractivity contribution is 7.18. The fourth-order valence-corrected chi connectivity index (χ4v) is 4.32. The molecule has 1 N–H and O–H groups in total. The Morgan fingerprint density at radius 2 is 1.81 bits per heavy atom. The maximum absolute atomic E-state index is 12.8. The van der Waals surface area contributed by atoms with E-state index in [2.05, 4.69) is 4.98 Å². The maximum atomic E-state index is 12.8. The van der Waals surface area contributed by atoms with E-state index in [-0.39, 0.29) is 11.2 Å². The highest BCUT2D eigenvalue weighted by atomic mass is 32.1. The van der Waals surface area contributed by atoms with Crippen LogP contribution in [0.1, 0.15) is 23.3 Å². The molecule has 1 aliphatic carbocycles. The first-order chi connectivity index (χ1) is 10.3. The van der Waals surface area contributed by atoms with Gasteiger partial charge in [0.1, 0.15) is 4.83 Å². The van der Waals surface area contributed by atoms with Crippen LogP contribution in [0.3, 0.4) is 0 Å². The summed E-state index contributed by atoms with van der Waals surface area (Å²) >= 11 is 1.56. The van der Waals surface area contributed by atoms with Crippen molar-refractivity contribution in [3.63, 3.8) is 0 Å². The van der Waals surface area contributed by atoms with Gasteiger partial charge in [-0.05, 0) is 43.4 Å². The van der Waals surface area contributed by atoms with Crippen LogP contribution in [0.5, 0.6) is 0 Å². The Balaban J connectivity index is 2.10. The van der Waals surface area contributed by atoms with Gasteiger partial charge in [-0.25, -0.2) is 9.36 Å². The molecule has 0 saturated heterocycles. The third kappa shape index (κ3) is 1.88. The van der Waals surface area contributed by atoms with Crippen molar-refractivity contribution >= 4 is 21.6 Å². The lowest BCUT2D eigenvalue weighted by Crippen LogP contribution is -2.33. The van der Waals surface area contributed by atoms with Gasteiger partial charge >= 0.3 is 5.69 Å². The summed E-state index contributed by atoms with van der Waals surface area (Å²) in [4.78, 5) is 30.0. The Hall–Kier alpha value is -2.14. The average molecular weight is 298 g/mol. The SMILES string of the molecule is O=c1[nH]c2sc3c(c2c(=O)n1-c1ccccc1)CCCC3. The summed E-state index contributed by atoms with van der Waals surface area (Å²) in [7, 11) is 0. The standard InChI is InChI=1S/C16H14N2O2S/c19-15-13-11-8-4-5-9-12(11)21-14(13)17-16(20)18(15)10-6-2-1-3-7-10/h1-3,6-7H,4-5,8-9H2,(H,17,20). The maximum Gasteiger partial charge on any atom is 0.334 e. The van der Waals surface area contributed by atoms with Crippen LogP contribution in [0, 0.1) is 0 Å². The average Bonchev–Trinajstić information content (AvgIpc) is 2.86. The molecule has 3 aromatic rings. The molecule has 0 amide bonds. The van der Waals surface area contributed by atoms with Gasteiger partial charge in [-0.15, -0.1) is 11.3 Å². The van der Waals surface area contributed by atoms with Gasteiger partial charge < -0.3 is 0 Å². The van der Waals surface area contributed by atoms with Gasteiger partial charge in [-0.2, -0.15) is 0 Å². The number of aromatic amines is 1. The molecular weight excluding hydrogens is 284 g/mol. The molecule has 0 radical (unpaired) electrons. The first-order valence-corrected chi connectivity index (χ1v) is 7.92. The Kier molecular flexibility index (Phi) is 2.82. The predicted molar refractivity (Wildman–Crippen MR) is 84.7 cm³/mol. The number of rotatable bonds is 1. The summed E-state index contributed by atoms with van der Waals surface area (Å²) in [5.74, 6) is 0. The van der Waals surface area contributed by atoms with Crippen molar-refractivity contribution in [1.82, 2.24) is 9.55 Å². The molecule has 0 bridgehead atoms. The molecule has 1 aromatic carbocycles. The lowest BCUT2D eigenvalue weighted by molar-refractivity contribution is 0.699. The molecule has 0 fully saturated rings. The van der Waals surface area contributed by atoms with Crippen LogP contribution >= 0.6 is 11.3 Å². The van der Waals surface area contributed by atoms with E-state index < -0.39 is 0 Å². The van der Waals surface area contributed by atoms with Crippen LogP contribution in [-0.4, -0.2) is 9.55 Å². The second-order valence-electron chi connectivity index (χ2n) is 5.32. The molecule has 0 saturated carbocycles. The summed E-state index contributed by atoms with van der Waals surface area (Å²) in [5, 5.41) is 0.707. The molecule has 2 heterocycles. The number of thiophene rings is 1. The van der Waals surface area contributed by atoms with Crippen molar-refractivity contribution in [3.05, 3.63) is 61.6 Å². The molecule has 21 heavy (non-hydrogen) atoms. The minimum atomic E-state index is -0.364. The lowest BCUT2D eigenvalue weighted by atomic mass is 9.97. The quantitative estimate of drug-likeness (QED) is 0.751. The molecule has 4 rings (SSSR count). The Morgan fingerprint density at radius 3 is 2.62 bits per heavy atom. The number of nitrogens with zero attached hydrogens (tertiary/aromatic N) is 1. The smallest absolute Gasteiger partial charge is 0.298 e. The van der Waals surface area contributed by atoms with E-state index in [9.17, 15) is 9.59 Å². The van der Waals surface area contributed by atoms with Crippen molar-refractivity contribution in [2.45, 2.75) is 25.7 Å². The number of fused-ring (bicyclic) bond motifs is 3. The van der Waals surface area contributed by atoms with Crippen LogP contribution in [-0.2, 0) is 12.8 Å². The number of para-hydroxylation sites is 1. The number of hydrogen-bond donors (Lipinski definition) is 1. The molecule has 5 heteroatoms. The lowest BCUT2D eigenvalue weighted by Gasteiger charge is -2.10. The molecule has 4 nitrogen and oxygen atoms in total. The molecule has 1 aliphatic rings. The Morgan fingerprint density at radius 1 is 1.05 bits per heavy atom. The number of aromatic nitrogens is 2. The highest BCUT2D eigenvalue weighted by Gasteiger charge is 2.21. The summed E-state index contributed by atoms with van der Waals surface area (Å²) < 4.78 is 1.24. The second-order valence-corrected chi connectivity index (χ2v) is 6.43. The zero-order valence-electron chi connectivity index (χ0n) is 11.4. The summed E-state index contributed by atoms with van der Waals surface area (Å²) in [6.45, 7) is 0. The molecule has 0 atom stereocenters. The van der Waals surface area contributed by atoms with Gasteiger partial charge in [0, 0.05) is 4.88 Å². The summed E-state index contributed by atoms with van der Waals surface area (Å²) in [6.07, 6.45) is 4.23. The van der Waals surface area contributed by atoms with Gasteiger partial charge in [-0.3, -0.25) is 9.78 Å². The van der Waals surface area contributed by atoms with E-state index in [1.807, 2.05) is 18.2 Å². The van der Waals surface area contributed by atoms with Crippen molar-refractivity contribution in [1.29, 1.82) is 0 Å². The molecule has 0 unspecified atom stereocenters. The van der Waals surface area contributed by atoms with E-state index >= 15 is 0 Å². The molecule has 106 valence electrons. The van der Waals surface area contributed by atoms with Gasteiger partial charge in [-0.1, -0.05) is 18.2 Å². The highest BCUT2D eigenvalue weighted by Crippen LogP contribution is 2.33. The van der Waals surface area contributed by atoms with Crippen LogP contribution in [0.2, 0.25) is 0 Å². The van der Waals surface area contributed by atoms with Crippen molar-refractivity contribution < 1.29 is 0 Å². The summed E-state index contributed by atoms with van der Waals surface area (Å²) in [5.41, 5.74) is 1.20. The van der Waals surface area contributed by atoms with Crippen LogP contribution in [0.4, 0.5) is 0 Å². The van der Waals surface area contributed by atoms with E-state index in [0.717, 1.165) is 36.1 Å². The molecular formula is C16H14N2O2S. The Bertz CT molecular complexity index is 935. The first-order valence-electron chi connectivity index (χ1n) is 7.11. The van der Waals surface area contributed by atoms with Crippen molar-refractivity contribution in [2.75, 3.05) is 0 Å². The van der Waals surface area contributed by atoms with Gasteiger partial charge in [0.2, 0.25) is 0 Å². The van der Waals surface area contributed by atoms with Crippen molar-refractivity contribution in [3.8, 4) is 5.69 Å². The summed E-state index contributed by atoms with van der Waals surface area (Å²) in [6, 6.07) is 9.08. The zero-order valence-corrected chi connectivity index (χ0v) is 12.2. The predicted octanol–water partition coefficient (Wildman–Crippen LogP) is 2.62. The molecule has 0 spiro atoms. The monoisotopic (exact) mass is 298 g/mol. The van der Waals surface area contributed by atoms with E-state index in [1.54, 1.807) is 23.5 Å². The third-order valence-electron chi connectivity index (χ3n) is 4.03. The van der Waals surface area contributed by atoms with E-state index in [0.29, 0.717) is 11.1 Å². The van der Waals surface area contributed by atoms with Gasteiger partial charge in [0.25, 0.3) is 5.56 Å². The van der Waals surface area contributed by atoms with Crippen LogP contribution in [0.15, 0.2) is 39.9 Å². The van der Waals surface area contributed by atoms with Gasteiger partial charge in [0.15, 0.2) is 0 Å². The third-order valence-corrected chi connectivity index (χ3v) is 5.23. The number of aryl methyl sites for hydroxylation is 2. The number of hydrogen-bond acceptors (Lipinski definition) is 3. The number of nitrogens with one attached hydrogen (secondary N) is 1.